The van der Waals surface area contributed by atoms with Crippen LogP contribution in [0.4, 0.5) is 0 Å². The Balaban J connectivity index is 1.79. The van der Waals surface area contributed by atoms with E-state index in [4.69, 9.17) is 11.6 Å². The van der Waals surface area contributed by atoms with E-state index >= 15 is 0 Å². The Morgan fingerprint density at radius 1 is 1.21 bits per heavy atom. The van der Waals surface area contributed by atoms with Crippen LogP contribution in [0.15, 0.2) is 64.4 Å². The van der Waals surface area contributed by atoms with E-state index in [0.717, 1.165) is 5.56 Å². The molecule has 0 aliphatic rings. The van der Waals surface area contributed by atoms with Gasteiger partial charge in [0.15, 0.2) is 0 Å². The van der Waals surface area contributed by atoms with Gasteiger partial charge in [-0.2, -0.15) is 0 Å². The summed E-state index contributed by atoms with van der Waals surface area (Å²) in [6.45, 7) is 2.35. The maximum absolute atomic E-state index is 13.2. The Labute approximate surface area is 171 Å². The maximum atomic E-state index is 13.2. The van der Waals surface area contributed by atoms with Crippen LogP contribution in [0.5, 0.6) is 0 Å². The molecule has 3 aromatic heterocycles. The molecule has 1 aromatic carbocycles. The van der Waals surface area contributed by atoms with Crippen LogP contribution in [0.1, 0.15) is 24.2 Å². The Morgan fingerprint density at radius 2 is 2.00 bits per heavy atom. The first-order valence-corrected chi connectivity index (χ1v) is 9.57. The number of H-pyrrole nitrogens is 1. The number of aromatic nitrogens is 4. The highest BCUT2D eigenvalue weighted by Gasteiger charge is 2.18. The number of aromatic amines is 1. The van der Waals surface area contributed by atoms with Crippen molar-refractivity contribution >= 4 is 22.5 Å². The molecule has 0 amide bonds. The van der Waals surface area contributed by atoms with Gasteiger partial charge in [-0.1, -0.05) is 29.8 Å². The largest absolute Gasteiger partial charge is 0.313 e. The highest BCUT2D eigenvalue weighted by atomic mass is 35.5. The Morgan fingerprint density at radius 3 is 2.72 bits per heavy atom. The SMILES string of the molecule is CC(NCc1c2c(=O)n(-c3ccccc3Cl)[nH]c2cc(=O)n1C)c1cccnc1. The number of fused-ring (bicyclic) bond motifs is 1. The molecule has 0 aliphatic carbocycles. The Kier molecular flexibility index (Phi) is 5.08. The van der Waals surface area contributed by atoms with Crippen LogP contribution in [0, 0.1) is 0 Å². The average molecular weight is 410 g/mol. The van der Waals surface area contributed by atoms with Gasteiger partial charge in [-0.15, -0.1) is 0 Å². The molecule has 1 unspecified atom stereocenters. The summed E-state index contributed by atoms with van der Waals surface area (Å²) >= 11 is 6.27. The van der Waals surface area contributed by atoms with Gasteiger partial charge in [0, 0.05) is 43.8 Å². The Bertz CT molecular complexity index is 1290. The van der Waals surface area contributed by atoms with Crippen LogP contribution in [0.2, 0.25) is 5.02 Å². The molecule has 8 heteroatoms. The zero-order valence-corrected chi connectivity index (χ0v) is 16.8. The van der Waals surface area contributed by atoms with Crippen LogP contribution >= 0.6 is 11.6 Å². The molecular weight excluding hydrogens is 390 g/mol. The lowest BCUT2D eigenvalue weighted by atomic mass is 10.1. The fraction of sp³-hybridized carbons (Fsp3) is 0.190. The van der Waals surface area contributed by atoms with E-state index < -0.39 is 0 Å². The molecule has 0 fully saturated rings. The van der Waals surface area contributed by atoms with Gasteiger partial charge in [0.2, 0.25) is 0 Å². The summed E-state index contributed by atoms with van der Waals surface area (Å²) < 4.78 is 2.87. The van der Waals surface area contributed by atoms with Crippen molar-refractivity contribution < 1.29 is 0 Å². The second kappa shape index (κ2) is 7.69. The first kappa shape index (κ1) is 19.2. The zero-order chi connectivity index (χ0) is 20.5. The fourth-order valence-electron chi connectivity index (χ4n) is 3.37. The van der Waals surface area contributed by atoms with E-state index in [1.165, 1.54) is 15.3 Å². The van der Waals surface area contributed by atoms with E-state index in [1.807, 2.05) is 19.1 Å². The zero-order valence-electron chi connectivity index (χ0n) is 16.0. The van der Waals surface area contributed by atoms with Gasteiger partial charge in [-0.25, -0.2) is 4.68 Å². The van der Waals surface area contributed by atoms with Crippen molar-refractivity contribution in [3.8, 4) is 5.69 Å². The number of para-hydroxylation sites is 1. The van der Waals surface area contributed by atoms with Gasteiger partial charge >= 0.3 is 0 Å². The second-order valence-corrected chi connectivity index (χ2v) is 7.28. The van der Waals surface area contributed by atoms with E-state index in [-0.39, 0.29) is 17.2 Å². The molecule has 0 saturated carbocycles. The molecule has 0 aliphatic heterocycles. The van der Waals surface area contributed by atoms with E-state index in [0.29, 0.717) is 33.9 Å². The number of pyridine rings is 2. The predicted octanol–water partition coefficient (Wildman–Crippen LogP) is 2.92. The third-order valence-electron chi connectivity index (χ3n) is 5.06. The third-order valence-corrected chi connectivity index (χ3v) is 5.38. The molecule has 4 rings (SSSR count). The van der Waals surface area contributed by atoms with Crippen LogP contribution in [-0.2, 0) is 13.6 Å². The minimum Gasteiger partial charge on any atom is -0.313 e. The topological polar surface area (TPSA) is 84.7 Å². The first-order chi connectivity index (χ1) is 14.0. The number of rotatable bonds is 5. The highest BCUT2D eigenvalue weighted by molar-refractivity contribution is 6.32. The molecule has 1 atom stereocenters. The summed E-state index contributed by atoms with van der Waals surface area (Å²) in [4.78, 5) is 29.8. The highest BCUT2D eigenvalue weighted by Crippen LogP contribution is 2.20. The van der Waals surface area contributed by atoms with Gasteiger partial charge in [-0.05, 0) is 30.7 Å². The van der Waals surface area contributed by atoms with Crippen molar-refractivity contribution in [2.24, 2.45) is 7.05 Å². The van der Waals surface area contributed by atoms with Crippen molar-refractivity contribution in [2.45, 2.75) is 19.5 Å². The number of hydrogen-bond donors (Lipinski definition) is 2. The second-order valence-electron chi connectivity index (χ2n) is 6.87. The fourth-order valence-corrected chi connectivity index (χ4v) is 3.59. The molecule has 0 bridgehead atoms. The van der Waals surface area contributed by atoms with Gasteiger partial charge < -0.3 is 9.88 Å². The lowest BCUT2D eigenvalue weighted by Crippen LogP contribution is -2.27. The third kappa shape index (κ3) is 3.50. The molecule has 148 valence electrons. The Hall–Kier alpha value is -3.16. The van der Waals surface area contributed by atoms with Gasteiger partial charge in [-0.3, -0.25) is 19.7 Å². The molecule has 0 saturated heterocycles. The maximum Gasteiger partial charge on any atom is 0.280 e. The van der Waals surface area contributed by atoms with E-state index in [9.17, 15) is 9.59 Å². The van der Waals surface area contributed by atoms with E-state index in [2.05, 4.69) is 15.4 Å². The van der Waals surface area contributed by atoms with Crippen molar-refractivity contribution in [3.05, 3.63) is 91.8 Å². The van der Waals surface area contributed by atoms with Crippen molar-refractivity contribution in [1.29, 1.82) is 0 Å². The molecular formula is C21H20ClN5O2. The van der Waals surface area contributed by atoms with Gasteiger partial charge in [0.05, 0.1) is 21.6 Å². The summed E-state index contributed by atoms with van der Waals surface area (Å²) in [7, 11) is 1.67. The number of nitrogens with one attached hydrogen (secondary N) is 2. The molecule has 3 heterocycles. The average Bonchev–Trinajstić information content (AvgIpc) is 3.05. The lowest BCUT2D eigenvalue weighted by Gasteiger charge is -2.16. The van der Waals surface area contributed by atoms with Crippen molar-refractivity contribution in [1.82, 2.24) is 24.6 Å². The van der Waals surface area contributed by atoms with Crippen LogP contribution < -0.4 is 16.4 Å². The van der Waals surface area contributed by atoms with Crippen LogP contribution in [0.3, 0.4) is 0 Å². The first-order valence-electron chi connectivity index (χ1n) is 9.19. The molecule has 2 N–H and O–H groups in total. The van der Waals surface area contributed by atoms with Gasteiger partial charge in [0.1, 0.15) is 0 Å². The predicted molar refractivity (Wildman–Crippen MR) is 114 cm³/mol. The number of hydrogen-bond acceptors (Lipinski definition) is 4. The number of halogens is 1. The minimum atomic E-state index is -0.255. The minimum absolute atomic E-state index is 0.00112. The van der Waals surface area contributed by atoms with Crippen LogP contribution in [-0.4, -0.2) is 19.3 Å². The summed E-state index contributed by atoms with van der Waals surface area (Å²) in [6.07, 6.45) is 3.51. The van der Waals surface area contributed by atoms with Crippen molar-refractivity contribution in [2.75, 3.05) is 0 Å². The summed E-state index contributed by atoms with van der Waals surface area (Å²) in [5.41, 5.74) is 2.19. The summed E-state index contributed by atoms with van der Waals surface area (Å²) in [5, 5.41) is 7.29. The standard InChI is InChI=1S/C21H20ClN5O2/c1-13(14-6-5-9-23-11-14)24-12-18-20-16(10-19(28)26(18)2)25-27(21(20)29)17-8-4-3-7-15(17)22/h3-11,13,24-25H,12H2,1-2H3. The van der Waals surface area contributed by atoms with Crippen molar-refractivity contribution in [3.63, 3.8) is 0 Å². The van der Waals surface area contributed by atoms with Gasteiger partial charge in [0.25, 0.3) is 11.1 Å². The summed E-state index contributed by atoms with van der Waals surface area (Å²) in [6, 6.07) is 12.3. The quantitative estimate of drug-likeness (QED) is 0.530. The van der Waals surface area contributed by atoms with Crippen LogP contribution in [0.25, 0.3) is 16.6 Å². The molecule has 7 nitrogen and oxygen atoms in total. The smallest absolute Gasteiger partial charge is 0.280 e. The normalized spacial score (nSPS) is 12.4. The summed E-state index contributed by atoms with van der Waals surface area (Å²) in [5.74, 6) is 0. The molecule has 4 aromatic rings. The molecule has 0 spiro atoms. The monoisotopic (exact) mass is 409 g/mol. The molecule has 29 heavy (non-hydrogen) atoms. The molecule has 0 radical (unpaired) electrons. The lowest BCUT2D eigenvalue weighted by molar-refractivity contribution is 0.554. The number of benzene rings is 1. The number of nitrogens with zero attached hydrogens (tertiary/aromatic N) is 3. The van der Waals surface area contributed by atoms with E-state index in [1.54, 1.807) is 43.7 Å².